The summed E-state index contributed by atoms with van der Waals surface area (Å²) in [5.41, 5.74) is 1.49. The molecule has 0 atom stereocenters. The average molecular weight is 479 g/mol. The molecule has 0 spiro atoms. The molecular formula is C25H23FN4O3S. The predicted molar refractivity (Wildman–Crippen MR) is 133 cm³/mol. The van der Waals surface area contributed by atoms with Gasteiger partial charge in [0.1, 0.15) is 10.7 Å². The third kappa shape index (κ3) is 4.41. The molecule has 0 radical (unpaired) electrons. The molecule has 0 unspecified atom stereocenters. The number of hydrogen-bond donors (Lipinski definition) is 4. The van der Waals surface area contributed by atoms with E-state index in [0.717, 1.165) is 17.1 Å². The van der Waals surface area contributed by atoms with Crippen LogP contribution in [0.25, 0.3) is 10.9 Å². The molecule has 34 heavy (non-hydrogen) atoms. The highest BCUT2D eigenvalue weighted by Gasteiger charge is 2.31. The molecule has 3 aromatic carbocycles. The summed E-state index contributed by atoms with van der Waals surface area (Å²) in [6.45, 7) is 1.04. The molecule has 1 amide bonds. The Kier molecular flexibility index (Phi) is 5.82. The van der Waals surface area contributed by atoms with Crippen molar-refractivity contribution in [1.82, 2.24) is 9.88 Å². The number of carbonyl (C=O) groups excluding carboxylic acids is 1. The summed E-state index contributed by atoms with van der Waals surface area (Å²) in [4.78, 5) is 18.8. The number of aromatic nitrogens is 1. The number of hydrogen-bond acceptors (Lipinski definition) is 6. The fourth-order valence-electron chi connectivity index (χ4n) is 3.93. The second kappa shape index (κ2) is 8.94. The number of anilines is 2. The van der Waals surface area contributed by atoms with E-state index >= 15 is 0 Å². The van der Waals surface area contributed by atoms with Crippen molar-refractivity contribution in [2.45, 2.75) is 10.9 Å². The number of amides is 1. The quantitative estimate of drug-likeness (QED) is 0.294. The van der Waals surface area contributed by atoms with Crippen LogP contribution in [0.5, 0.6) is 0 Å². The van der Waals surface area contributed by atoms with Crippen molar-refractivity contribution in [2.75, 3.05) is 23.1 Å². The summed E-state index contributed by atoms with van der Waals surface area (Å²) in [6.07, 6.45) is 1.55. The van der Waals surface area contributed by atoms with Gasteiger partial charge in [-0.3, -0.25) is 23.6 Å². The normalized spacial score (nSPS) is 14.5. The molecule has 1 fully saturated rings. The van der Waals surface area contributed by atoms with Crippen molar-refractivity contribution in [3.05, 3.63) is 96.4 Å². The number of para-hydroxylation sites is 2. The van der Waals surface area contributed by atoms with Gasteiger partial charge in [-0.25, -0.2) is 4.39 Å². The van der Waals surface area contributed by atoms with Crippen molar-refractivity contribution < 1.29 is 18.3 Å². The zero-order chi connectivity index (χ0) is 23.7. The topological polar surface area (TPSA) is 97.7 Å². The molecule has 9 heteroatoms. The molecule has 2 heterocycles. The number of pyridine rings is 1. The summed E-state index contributed by atoms with van der Waals surface area (Å²) < 4.78 is 38.9. The largest absolute Gasteiger partial charge is 0.379 e. The molecule has 1 aliphatic heterocycles. The highest BCUT2D eigenvalue weighted by atomic mass is 32.3. The van der Waals surface area contributed by atoms with Crippen LogP contribution in [0.4, 0.5) is 15.8 Å². The minimum Gasteiger partial charge on any atom is -0.379 e. The molecule has 1 aromatic heterocycles. The monoisotopic (exact) mass is 478 g/mol. The summed E-state index contributed by atoms with van der Waals surface area (Å²) in [5.74, 6) is -1.03. The highest BCUT2D eigenvalue weighted by molar-refractivity contribution is 8.25. The van der Waals surface area contributed by atoms with Crippen LogP contribution in [0.3, 0.4) is 0 Å². The van der Waals surface area contributed by atoms with Crippen LogP contribution >= 0.6 is 10.8 Å². The predicted octanol–water partition coefficient (Wildman–Crippen LogP) is 5.45. The standard InChI is InChI=1S/C25H23FN4O3S/c26-21-14-18(25(31)30-15-20(16-30)28-19-8-2-1-3-9-19)11-12-22(21)29-34(32,33)23-10-4-6-17-7-5-13-27-24(17)23/h1-14,20,28-29,32-33H,15-16H2. The lowest BCUT2D eigenvalue weighted by Crippen LogP contribution is -2.57. The van der Waals surface area contributed by atoms with Crippen LogP contribution < -0.4 is 10.0 Å². The fraction of sp³-hybridized carbons (Fsp3) is 0.120. The molecule has 1 saturated heterocycles. The number of carbonyl (C=O) groups is 1. The molecule has 4 N–H and O–H groups in total. The van der Waals surface area contributed by atoms with Gasteiger partial charge in [-0.1, -0.05) is 47.2 Å². The number of halogens is 1. The maximum absolute atomic E-state index is 14.8. The van der Waals surface area contributed by atoms with Gasteiger partial charge in [0.2, 0.25) is 0 Å². The highest BCUT2D eigenvalue weighted by Crippen LogP contribution is 2.50. The molecular weight excluding hydrogens is 455 g/mol. The molecule has 0 bridgehead atoms. The first kappa shape index (κ1) is 22.1. The van der Waals surface area contributed by atoms with Crippen LogP contribution in [-0.4, -0.2) is 44.0 Å². The number of nitrogens with one attached hydrogen (secondary N) is 2. The first-order valence-electron chi connectivity index (χ1n) is 10.7. The van der Waals surface area contributed by atoms with Crippen molar-refractivity contribution in [3.8, 4) is 0 Å². The van der Waals surface area contributed by atoms with Crippen LogP contribution in [0.1, 0.15) is 10.4 Å². The van der Waals surface area contributed by atoms with E-state index in [1.807, 2.05) is 30.3 Å². The Labute approximate surface area is 197 Å². The van der Waals surface area contributed by atoms with E-state index < -0.39 is 16.6 Å². The second-order valence-corrected chi connectivity index (χ2v) is 9.84. The fourth-order valence-corrected chi connectivity index (χ4v) is 5.22. The Morgan fingerprint density at radius 3 is 2.53 bits per heavy atom. The Hall–Kier alpha value is -3.66. The van der Waals surface area contributed by atoms with Crippen LogP contribution in [0.2, 0.25) is 0 Å². The number of fused-ring (bicyclic) bond motifs is 1. The molecule has 1 aliphatic rings. The van der Waals surface area contributed by atoms with Gasteiger partial charge >= 0.3 is 0 Å². The molecule has 7 nitrogen and oxygen atoms in total. The average Bonchev–Trinajstić information content (AvgIpc) is 2.82. The lowest BCUT2D eigenvalue weighted by atomic mass is 10.1. The third-order valence-corrected chi connectivity index (χ3v) is 7.13. The van der Waals surface area contributed by atoms with Crippen LogP contribution in [-0.2, 0) is 0 Å². The van der Waals surface area contributed by atoms with Crippen molar-refractivity contribution in [3.63, 3.8) is 0 Å². The minimum absolute atomic E-state index is 0.114. The maximum atomic E-state index is 14.8. The minimum atomic E-state index is -3.60. The molecule has 5 rings (SSSR count). The first-order valence-corrected chi connectivity index (χ1v) is 12.3. The molecule has 0 saturated carbocycles. The zero-order valence-electron chi connectivity index (χ0n) is 18.1. The lowest BCUT2D eigenvalue weighted by Gasteiger charge is -2.40. The van der Waals surface area contributed by atoms with E-state index in [4.69, 9.17) is 0 Å². The lowest BCUT2D eigenvalue weighted by molar-refractivity contribution is 0.0625. The Bertz CT molecular complexity index is 1340. The van der Waals surface area contributed by atoms with Gasteiger partial charge in [-0.05, 0) is 42.5 Å². The van der Waals surface area contributed by atoms with E-state index in [1.165, 1.54) is 18.2 Å². The summed E-state index contributed by atoms with van der Waals surface area (Å²) in [5, 5.41) is 4.09. The second-order valence-electron chi connectivity index (χ2n) is 8.09. The summed E-state index contributed by atoms with van der Waals surface area (Å²) in [6, 6.07) is 22.4. The molecule has 0 aliphatic carbocycles. The van der Waals surface area contributed by atoms with Gasteiger partial charge in [0.05, 0.1) is 17.2 Å². The van der Waals surface area contributed by atoms with Gasteiger partial charge in [0.25, 0.3) is 5.91 Å². The Balaban J connectivity index is 1.27. The molecule has 174 valence electrons. The third-order valence-electron chi connectivity index (χ3n) is 5.68. The van der Waals surface area contributed by atoms with Crippen LogP contribution in [0, 0.1) is 5.82 Å². The van der Waals surface area contributed by atoms with E-state index in [-0.39, 0.29) is 28.1 Å². The summed E-state index contributed by atoms with van der Waals surface area (Å²) >= 11 is 0. The SMILES string of the molecule is O=C(c1ccc(NS(O)(O)c2cccc3cccnc23)c(F)c1)N1CC(Nc2ccccc2)C1. The number of rotatable bonds is 6. The zero-order valence-corrected chi connectivity index (χ0v) is 18.9. The van der Waals surface area contributed by atoms with E-state index in [2.05, 4.69) is 15.0 Å². The number of nitrogens with zero attached hydrogens (tertiary/aromatic N) is 2. The van der Waals surface area contributed by atoms with Gasteiger partial charge < -0.3 is 10.2 Å². The van der Waals surface area contributed by atoms with Gasteiger partial charge in [0, 0.05) is 35.9 Å². The van der Waals surface area contributed by atoms with Crippen molar-refractivity contribution in [2.24, 2.45) is 0 Å². The maximum Gasteiger partial charge on any atom is 0.254 e. The number of likely N-dealkylation sites (tertiary alicyclic amines) is 1. The van der Waals surface area contributed by atoms with E-state index in [1.54, 1.807) is 35.4 Å². The van der Waals surface area contributed by atoms with Crippen molar-refractivity contribution >= 4 is 39.0 Å². The van der Waals surface area contributed by atoms with Gasteiger partial charge in [-0.2, -0.15) is 0 Å². The van der Waals surface area contributed by atoms with E-state index in [0.29, 0.717) is 18.6 Å². The molecule has 4 aromatic rings. The smallest absolute Gasteiger partial charge is 0.254 e. The Morgan fingerprint density at radius 1 is 1.00 bits per heavy atom. The van der Waals surface area contributed by atoms with Crippen molar-refractivity contribution in [1.29, 1.82) is 0 Å². The first-order chi connectivity index (χ1) is 16.4. The van der Waals surface area contributed by atoms with Gasteiger partial charge in [-0.15, -0.1) is 0 Å². The van der Waals surface area contributed by atoms with Gasteiger partial charge in [0.15, 0.2) is 0 Å². The summed E-state index contributed by atoms with van der Waals surface area (Å²) in [7, 11) is -3.60. The van der Waals surface area contributed by atoms with Crippen LogP contribution in [0.15, 0.2) is 90.0 Å². The number of benzene rings is 3. The van der Waals surface area contributed by atoms with E-state index in [9.17, 15) is 18.3 Å². The Morgan fingerprint density at radius 2 is 1.76 bits per heavy atom.